The first-order chi connectivity index (χ1) is 27.9. The van der Waals surface area contributed by atoms with Gasteiger partial charge in [0.15, 0.2) is 22.8 Å². The van der Waals surface area contributed by atoms with Crippen LogP contribution < -0.4 is 30.3 Å². The monoisotopic (exact) mass is 760 g/mol. The Bertz CT molecular complexity index is 2510. The van der Waals surface area contributed by atoms with E-state index in [1.54, 1.807) is 37.3 Å². The molecule has 10 nitrogen and oxygen atoms in total. The number of hydrogen-bond donors (Lipinski definition) is 2. The number of benzene rings is 6. The summed E-state index contributed by atoms with van der Waals surface area (Å²) in [6, 6.07) is 46.9. The number of aryl methyl sites for hydroxylation is 1. The third-order valence-electron chi connectivity index (χ3n) is 8.88. The second-order valence-corrected chi connectivity index (χ2v) is 13.2. The van der Waals surface area contributed by atoms with Gasteiger partial charge in [-0.25, -0.2) is 4.79 Å². The number of hydrogen-bond acceptors (Lipinski definition) is 8. The molecule has 0 spiro atoms. The molecule has 7 aromatic rings. The van der Waals surface area contributed by atoms with Crippen LogP contribution in [-0.2, 0) is 36.0 Å². The summed E-state index contributed by atoms with van der Waals surface area (Å²) in [6.07, 6.45) is -0.751. The van der Waals surface area contributed by atoms with E-state index in [0.717, 1.165) is 22.3 Å². The normalized spacial score (nSPS) is 10.8. The lowest BCUT2D eigenvalue weighted by Gasteiger charge is -2.17. The molecule has 7 rings (SSSR count). The first kappa shape index (κ1) is 38.0. The molecule has 57 heavy (non-hydrogen) atoms. The summed E-state index contributed by atoms with van der Waals surface area (Å²) < 4.78 is 30.7. The number of carbonyl (C=O) groups excluding carboxylic acids is 2. The van der Waals surface area contributed by atoms with Gasteiger partial charge in [0, 0.05) is 5.56 Å². The second-order valence-electron chi connectivity index (χ2n) is 13.2. The molecule has 0 bridgehead atoms. The molecule has 1 heterocycles. The van der Waals surface area contributed by atoms with E-state index in [2.05, 4.69) is 10.6 Å². The summed E-state index contributed by atoms with van der Waals surface area (Å²) in [5.41, 5.74) is 4.71. The van der Waals surface area contributed by atoms with Gasteiger partial charge < -0.3 is 34.0 Å². The van der Waals surface area contributed by atoms with Gasteiger partial charge in [0.2, 0.25) is 17.1 Å². The quantitative estimate of drug-likeness (QED) is 0.106. The summed E-state index contributed by atoms with van der Waals surface area (Å²) >= 11 is 0. The van der Waals surface area contributed by atoms with E-state index in [-0.39, 0.29) is 54.5 Å². The molecular weight excluding hydrogens is 721 g/mol. The van der Waals surface area contributed by atoms with Crippen molar-refractivity contribution in [1.82, 2.24) is 5.32 Å². The van der Waals surface area contributed by atoms with Crippen LogP contribution >= 0.6 is 0 Å². The first-order valence-corrected chi connectivity index (χ1v) is 18.4. The predicted octanol–water partition coefficient (Wildman–Crippen LogP) is 9.37. The number of fused-ring (bicyclic) bond motifs is 1. The van der Waals surface area contributed by atoms with Crippen molar-refractivity contribution in [2.45, 2.75) is 33.4 Å². The molecular formula is C47H40N2O8. The lowest BCUT2D eigenvalue weighted by atomic mass is 10.1. The Morgan fingerprint density at radius 2 is 1.12 bits per heavy atom. The van der Waals surface area contributed by atoms with Gasteiger partial charge >= 0.3 is 6.09 Å². The molecule has 2 N–H and O–H groups in total. The number of anilines is 1. The number of alkyl carbamates (subject to hydrolysis) is 1. The van der Waals surface area contributed by atoms with Gasteiger partial charge in [-0.15, -0.1) is 0 Å². The van der Waals surface area contributed by atoms with E-state index < -0.39 is 17.4 Å². The molecule has 0 aliphatic heterocycles. The molecule has 10 heteroatoms. The van der Waals surface area contributed by atoms with Crippen molar-refractivity contribution in [3.05, 3.63) is 190 Å². The van der Waals surface area contributed by atoms with Gasteiger partial charge in [0.1, 0.15) is 33.0 Å². The largest absolute Gasteiger partial charge is 0.485 e. The standard InChI is InChI=1S/C47H40N2O8/c1-32-24-38-43(51)46(55-30-35-18-10-4-11-19-35)44(57-45(38)39(25-32)49-42(50)27-48-47(52)56-31-36-20-12-5-13-21-36)37-22-23-40(53-28-33-14-6-2-7-15-33)41(26-37)54-29-34-16-8-3-9-17-34/h2-26H,27-31H2,1H3,(H,48,52)(H,49,50). The summed E-state index contributed by atoms with van der Waals surface area (Å²) in [7, 11) is 0. The Kier molecular flexibility index (Phi) is 12.2. The Balaban J connectivity index is 1.22. The van der Waals surface area contributed by atoms with Crippen molar-refractivity contribution in [3.63, 3.8) is 0 Å². The van der Waals surface area contributed by atoms with Crippen LogP contribution in [0.4, 0.5) is 10.5 Å². The van der Waals surface area contributed by atoms with Crippen molar-refractivity contribution in [2.24, 2.45) is 0 Å². The highest BCUT2D eigenvalue weighted by Crippen LogP contribution is 2.39. The number of ether oxygens (including phenoxy) is 4. The predicted molar refractivity (Wildman–Crippen MR) is 218 cm³/mol. The lowest BCUT2D eigenvalue weighted by molar-refractivity contribution is -0.115. The highest BCUT2D eigenvalue weighted by atomic mass is 16.5. The van der Waals surface area contributed by atoms with Crippen LogP contribution in [-0.4, -0.2) is 18.5 Å². The zero-order valence-electron chi connectivity index (χ0n) is 31.2. The summed E-state index contributed by atoms with van der Waals surface area (Å²) in [6.45, 7) is 2.14. The van der Waals surface area contributed by atoms with Crippen molar-refractivity contribution in [2.75, 3.05) is 11.9 Å². The molecule has 6 aromatic carbocycles. The number of rotatable bonds is 15. The molecule has 0 saturated heterocycles. The van der Waals surface area contributed by atoms with Crippen LogP contribution in [0.2, 0.25) is 0 Å². The van der Waals surface area contributed by atoms with Crippen LogP contribution in [0.5, 0.6) is 17.2 Å². The molecule has 2 amide bonds. The van der Waals surface area contributed by atoms with Crippen LogP contribution in [0.25, 0.3) is 22.3 Å². The van der Waals surface area contributed by atoms with E-state index in [1.165, 1.54) is 0 Å². The van der Waals surface area contributed by atoms with E-state index in [0.29, 0.717) is 29.2 Å². The Hall–Kier alpha value is -7.33. The van der Waals surface area contributed by atoms with Gasteiger partial charge in [-0.05, 0) is 65.1 Å². The van der Waals surface area contributed by atoms with Crippen LogP contribution in [0.1, 0.15) is 27.8 Å². The van der Waals surface area contributed by atoms with Crippen LogP contribution in [0.3, 0.4) is 0 Å². The maximum Gasteiger partial charge on any atom is 0.407 e. The van der Waals surface area contributed by atoms with Crippen LogP contribution in [0.15, 0.2) is 161 Å². The smallest absolute Gasteiger partial charge is 0.407 e. The SMILES string of the molecule is Cc1cc(NC(=O)CNC(=O)OCc2ccccc2)c2oc(-c3ccc(OCc4ccccc4)c(OCc4ccccc4)c3)c(OCc3ccccc3)c(=O)c2c1. The second kappa shape index (κ2) is 18.3. The first-order valence-electron chi connectivity index (χ1n) is 18.4. The zero-order valence-corrected chi connectivity index (χ0v) is 31.2. The van der Waals surface area contributed by atoms with E-state index in [1.807, 2.05) is 121 Å². The fourth-order valence-electron chi connectivity index (χ4n) is 6.04. The molecule has 0 aliphatic carbocycles. The van der Waals surface area contributed by atoms with Gasteiger partial charge in [-0.2, -0.15) is 0 Å². The highest BCUT2D eigenvalue weighted by Gasteiger charge is 2.23. The lowest BCUT2D eigenvalue weighted by Crippen LogP contribution is -2.33. The molecule has 0 unspecified atom stereocenters. The third-order valence-corrected chi connectivity index (χ3v) is 8.88. The Morgan fingerprint density at radius 3 is 1.70 bits per heavy atom. The van der Waals surface area contributed by atoms with Gasteiger partial charge in [-0.3, -0.25) is 9.59 Å². The molecule has 286 valence electrons. The van der Waals surface area contributed by atoms with Gasteiger partial charge in [-0.1, -0.05) is 121 Å². The van der Waals surface area contributed by atoms with Crippen molar-refractivity contribution >= 4 is 28.7 Å². The number of amides is 2. The van der Waals surface area contributed by atoms with E-state index >= 15 is 0 Å². The Morgan fingerprint density at radius 1 is 0.596 bits per heavy atom. The fourth-order valence-corrected chi connectivity index (χ4v) is 6.04. The molecule has 0 saturated carbocycles. The van der Waals surface area contributed by atoms with E-state index in [4.69, 9.17) is 23.4 Å². The zero-order chi connectivity index (χ0) is 39.4. The maximum absolute atomic E-state index is 14.4. The highest BCUT2D eigenvalue weighted by molar-refractivity contribution is 6.02. The maximum atomic E-state index is 14.4. The topological polar surface area (TPSA) is 125 Å². The average Bonchev–Trinajstić information content (AvgIpc) is 3.25. The van der Waals surface area contributed by atoms with Crippen molar-refractivity contribution in [1.29, 1.82) is 0 Å². The number of nitrogens with one attached hydrogen (secondary N) is 2. The molecule has 0 radical (unpaired) electrons. The molecule has 0 aliphatic rings. The minimum atomic E-state index is -0.751. The summed E-state index contributed by atoms with van der Waals surface area (Å²) in [5, 5.41) is 5.48. The van der Waals surface area contributed by atoms with Crippen LogP contribution in [0, 0.1) is 6.92 Å². The number of carbonyl (C=O) groups is 2. The summed E-state index contributed by atoms with van der Waals surface area (Å²) in [4.78, 5) is 40.0. The van der Waals surface area contributed by atoms with E-state index in [9.17, 15) is 14.4 Å². The molecule has 0 atom stereocenters. The minimum Gasteiger partial charge on any atom is -0.485 e. The van der Waals surface area contributed by atoms with Gasteiger partial charge in [0.25, 0.3) is 0 Å². The van der Waals surface area contributed by atoms with Crippen molar-refractivity contribution in [3.8, 4) is 28.6 Å². The summed E-state index contributed by atoms with van der Waals surface area (Å²) in [5.74, 6) is 0.482. The average molecular weight is 761 g/mol. The Labute approximate surface area is 329 Å². The molecule has 0 fully saturated rings. The minimum absolute atomic E-state index is 0.0102. The van der Waals surface area contributed by atoms with Gasteiger partial charge in [0.05, 0.1) is 11.1 Å². The van der Waals surface area contributed by atoms with Crippen molar-refractivity contribution < 1.29 is 33.0 Å². The third kappa shape index (κ3) is 10.1. The molecule has 1 aromatic heterocycles. The fraction of sp³-hybridized carbons (Fsp3) is 0.128.